The zero-order chi connectivity index (χ0) is 11.5. The van der Waals surface area contributed by atoms with E-state index in [1.54, 1.807) is 0 Å². The van der Waals surface area contributed by atoms with E-state index in [0.29, 0.717) is 5.92 Å². The molecule has 0 unspecified atom stereocenters. The molecule has 2 heterocycles. The highest BCUT2D eigenvalue weighted by molar-refractivity contribution is 5.56. The smallest absolute Gasteiger partial charge is 0.144 e. The lowest BCUT2D eigenvalue weighted by Gasteiger charge is -2.29. The second-order valence-corrected chi connectivity index (χ2v) is 4.66. The van der Waals surface area contributed by atoms with Gasteiger partial charge >= 0.3 is 0 Å². The van der Waals surface area contributed by atoms with E-state index in [1.807, 2.05) is 12.3 Å². The fraction of sp³-hybridized carbons (Fsp3) is 0.500. The van der Waals surface area contributed by atoms with Crippen molar-refractivity contribution in [2.75, 3.05) is 31.1 Å². The van der Waals surface area contributed by atoms with Crippen LogP contribution in [0.25, 0.3) is 0 Å². The number of rotatable bonds is 1. The average molecular weight is 227 g/mol. The number of hydrogen-bond acceptors (Lipinski definition) is 3. The summed E-state index contributed by atoms with van der Waals surface area (Å²) in [4.78, 5) is 6.82. The van der Waals surface area contributed by atoms with Crippen LogP contribution in [0.1, 0.15) is 18.4 Å². The number of hydrogen-bond donors (Lipinski definition) is 1. The molecule has 0 amide bonds. The molecule has 3 heteroatoms. The highest BCUT2D eigenvalue weighted by Crippen LogP contribution is 2.28. The lowest BCUT2D eigenvalue weighted by atomic mass is 10.2. The lowest BCUT2D eigenvalue weighted by Crippen LogP contribution is -2.44. The molecule has 17 heavy (non-hydrogen) atoms. The summed E-state index contributed by atoms with van der Waals surface area (Å²) in [6.07, 6.45) is 4.41. The van der Waals surface area contributed by atoms with Crippen molar-refractivity contribution in [3.05, 3.63) is 23.9 Å². The van der Waals surface area contributed by atoms with Crippen molar-refractivity contribution in [2.45, 2.75) is 12.8 Å². The summed E-state index contributed by atoms with van der Waals surface area (Å²) >= 11 is 0. The normalized spacial score (nSPS) is 19.6. The molecule has 2 fully saturated rings. The number of nitrogens with zero attached hydrogens (tertiary/aromatic N) is 2. The summed E-state index contributed by atoms with van der Waals surface area (Å²) in [5, 5.41) is 3.36. The Labute approximate surface area is 102 Å². The average Bonchev–Trinajstić information content (AvgIpc) is 3.22. The quantitative estimate of drug-likeness (QED) is 0.732. The maximum Gasteiger partial charge on any atom is 0.144 e. The molecular formula is C14H17N3. The molecule has 1 aromatic rings. The minimum absolute atomic E-state index is 0.645. The van der Waals surface area contributed by atoms with Crippen molar-refractivity contribution in [2.24, 2.45) is 5.92 Å². The first-order valence-corrected chi connectivity index (χ1v) is 6.36. The molecular weight excluding hydrogens is 210 g/mol. The maximum atomic E-state index is 4.50. The van der Waals surface area contributed by atoms with Gasteiger partial charge in [0.05, 0.1) is 5.56 Å². The molecule has 0 aromatic carbocycles. The second kappa shape index (κ2) is 4.77. The zero-order valence-corrected chi connectivity index (χ0v) is 9.95. The van der Waals surface area contributed by atoms with Gasteiger partial charge in [-0.2, -0.15) is 0 Å². The molecule has 1 aliphatic carbocycles. The first-order chi connectivity index (χ1) is 8.43. The zero-order valence-electron chi connectivity index (χ0n) is 9.95. The Morgan fingerprint density at radius 2 is 2.12 bits per heavy atom. The van der Waals surface area contributed by atoms with E-state index in [-0.39, 0.29) is 0 Å². The SMILES string of the molecule is C(#CC1CC1)c1cccnc1N1CCNCC1. The minimum Gasteiger partial charge on any atom is -0.353 e. The fourth-order valence-electron chi connectivity index (χ4n) is 2.03. The molecule has 1 N–H and O–H groups in total. The topological polar surface area (TPSA) is 28.2 Å². The first kappa shape index (κ1) is 10.6. The van der Waals surface area contributed by atoms with E-state index in [1.165, 1.54) is 12.8 Å². The van der Waals surface area contributed by atoms with Gasteiger partial charge in [0, 0.05) is 38.3 Å². The van der Waals surface area contributed by atoms with Crippen LogP contribution in [0.3, 0.4) is 0 Å². The monoisotopic (exact) mass is 227 g/mol. The van der Waals surface area contributed by atoms with Crippen LogP contribution in [0.15, 0.2) is 18.3 Å². The van der Waals surface area contributed by atoms with E-state index in [4.69, 9.17) is 0 Å². The van der Waals surface area contributed by atoms with E-state index in [0.717, 1.165) is 37.6 Å². The lowest BCUT2D eigenvalue weighted by molar-refractivity contribution is 0.584. The van der Waals surface area contributed by atoms with Gasteiger partial charge < -0.3 is 10.2 Å². The van der Waals surface area contributed by atoms with Crippen LogP contribution in [0.4, 0.5) is 5.82 Å². The molecule has 3 rings (SSSR count). The van der Waals surface area contributed by atoms with E-state index in [2.05, 4.69) is 33.1 Å². The number of aromatic nitrogens is 1. The maximum absolute atomic E-state index is 4.50. The number of pyridine rings is 1. The van der Waals surface area contributed by atoms with Gasteiger partial charge in [-0.25, -0.2) is 4.98 Å². The van der Waals surface area contributed by atoms with Crippen LogP contribution < -0.4 is 10.2 Å². The Hall–Kier alpha value is -1.53. The first-order valence-electron chi connectivity index (χ1n) is 6.36. The van der Waals surface area contributed by atoms with Crippen LogP contribution >= 0.6 is 0 Å². The Morgan fingerprint density at radius 1 is 1.29 bits per heavy atom. The molecule has 0 radical (unpaired) electrons. The Bertz CT molecular complexity index is 448. The Balaban J connectivity index is 1.84. The number of nitrogens with one attached hydrogen (secondary N) is 1. The third kappa shape index (κ3) is 2.59. The molecule has 3 nitrogen and oxygen atoms in total. The van der Waals surface area contributed by atoms with Crippen LogP contribution in [0, 0.1) is 17.8 Å². The standard InChI is InChI=1S/C14H17N3/c1-2-13(6-5-12-3-4-12)14(16-7-1)17-10-8-15-9-11-17/h1-2,7,12,15H,3-4,8-11H2. The van der Waals surface area contributed by atoms with Crippen LogP contribution in [-0.4, -0.2) is 31.2 Å². The number of anilines is 1. The van der Waals surface area contributed by atoms with Gasteiger partial charge in [-0.1, -0.05) is 11.8 Å². The largest absolute Gasteiger partial charge is 0.353 e. The predicted molar refractivity (Wildman–Crippen MR) is 68.9 cm³/mol. The molecule has 1 aromatic heterocycles. The summed E-state index contributed by atoms with van der Waals surface area (Å²) in [5.41, 5.74) is 1.08. The molecule has 0 spiro atoms. The summed E-state index contributed by atoms with van der Waals surface area (Å²) in [6.45, 7) is 4.11. The van der Waals surface area contributed by atoms with E-state index < -0.39 is 0 Å². The summed E-state index contributed by atoms with van der Waals surface area (Å²) in [7, 11) is 0. The van der Waals surface area contributed by atoms with Crippen molar-refractivity contribution in [3.63, 3.8) is 0 Å². The van der Waals surface area contributed by atoms with Gasteiger partial charge in [0.15, 0.2) is 0 Å². The third-order valence-electron chi connectivity index (χ3n) is 3.19. The molecule has 1 saturated carbocycles. The summed E-state index contributed by atoms with van der Waals surface area (Å²) in [6, 6.07) is 4.06. The summed E-state index contributed by atoms with van der Waals surface area (Å²) in [5.74, 6) is 8.32. The van der Waals surface area contributed by atoms with Gasteiger partial charge in [-0.15, -0.1) is 0 Å². The second-order valence-electron chi connectivity index (χ2n) is 4.66. The summed E-state index contributed by atoms with van der Waals surface area (Å²) < 4.78 is 0. The molecule has 0 bridgehead atoms. The van der Waals surface area contributed by atoms with Gasteiger partial charge in [0.25, 0.3) is 0 Å². The third-order valence-corrected chi connectivity index (χ3v) is 3.19. The van der Waals surface area contributed by atoms with Crippen molar-refractivity contribution in [1.82, 2.24) is 10.3 Å². The highest BCUT2D eigenvalue weighted by Gasteiger charge is 2.18. The van der Waals surface area contributed by atoms with E-state index in [9.17, 15) is 0 Å². The van der Waals surface area contributed by atoms with Gasteiger partial charge in [-0.05, 0) is 25.0 Å². The van der Waals surface area contributed by atoms with Gasteiger partial charge in [0.2, 0.25) is 0 Å². The molecule has 2 aliphatic rings. The van der Waals surface area contributed by atoms with Crippen molar-refractivity contribution >= 4 is 5.82 Å². The molecule has 88 valence electrons. The van der Waals surface area contributed by atoms with Crippen molar-refractivity contribution in [3.8, 4) is 11.8 Å². The van der Waals surface area contributed by atoms with Gasteiger partial charge in [0.1, 0.15) is 5.82 Å². The van der Waals surface area contributed by atoms with E-state index >= 15 is 0 Å². The van der Waals surface area contributed by atoms with Crippen LogP contribution in [-0.2, 0) is 0 Å². The van der Waals surface area contributed by atoms with Crippen molar-refractivity contribution < 1.29 is 0 Å². The molecule has 0 atom stereocenters. The Morgan fingerprint density at radius 3 is 2.88 bits per heavy atom. The van der Waals surface area contributed by atoms with Gasteiger partial charge in [-0.3, -0.25) is 0 Å². The molecule has 1 aliphatic heterocycles. The predicted octanol–water partition coefficient (Wildman–Crippen LogP) is 1.25. The molecule has 1 saturated heterocycles. The van der Waals surface area contributed by atoms with Crippen LogP contribution in [0.5, 0.6) is 0 Å². The van der Waals surface area contributed by atoms with Crippen LogP contribution in [0.2, 0.25) is 0 Å². The van der Waals surface area contributed by atoms with Crippen molar-refractivity contribution in [1.29, 1.82) is 0 Å². The highest BCUT2D eigenvalue weighted by atomic mass is 15.2. The minimum atomic E-state index is 0.645. The Kier molecular flexibility index (Phi) is 2.98. The number of piperazine rings is 1. The fourth-order valence-corrected chi connectivity index (χ4v) is 2.03.